The molecule has 1 aromatic rings. The zero-order chi connectivity index (χ0) is 14.5. The number of phenols is 1. The standard InChI is InChI=1S/C15H21N3O2/c16-13(11-3-1-2-4-14(11)19)9-12(15(17)18)10-5-7-20-8-6-10/h1-4,9-10,19H,5-8,16-18H2/b13-9-. The minimum atomic E-state index is 0.142. The third kappa shape index (κ3) is 3.24. The molecule has 1 fully saturated rings. The third-order valence-corrected chi connectivity index (χ3v) is 3.52. The molecule has 2 rings (SSSR count). The van der Waals surface area contributed by atoms with Crippen molar-refractivity contribution in [2.24, 2.45) is 23.1 Å². The molecule has 5 heteroatoms. The molecule has 1 aliphatic heterocycles. The molecule has 0 radical (unpaired) electrons. The number of benzene rings is 1. The van der Waals surface area contributed by atoms with Gasteiger partial charge in [-0.05, 0) is 42.5 Å². The molecule has 20 heavy (non-hydrogen) atoms. The highest BCUT2D eigenvalue weighted by atomic mass is 16.5. The molecule has 0 atom stereocenters. The van der Waals surface area contributed by atoms with Crippen LogP contribution >= 0.6 is 0 Å². The average molecular weight is 275 g/mol. The molecule has 1 aliphatic rings. The van der Waals surface area contributed by atoms with E-state index >= 15 is 0 Å². The fourth-order valence-corrected chi connectivity index (χ4v) is 2.41. The molecule has 108 valence electrons. The maximum atomic E-state index is 9.82. The minimum Gasteiger partial charge on any atom is -0.507 e. The predicted octanol–water partition coefficient (Wildman–Crippen LogP) is 1.25. The van der Waals surface area contributed by atoms with E-state index < -0.39 is 0 Å². The van der Waals surface area contributed by atoms with E-state index in [2.05, 4.69) is 0 Å². The Labute approximate surface area is 118 Å². The lowest BCUT2D eigenvalue weighted by Gasteiger charge is -2.24. The summed E-state index contributed by atoms with van der Waals surface area (Å²) in [5.74, 6) is 0.664. The molecule has 1 saturated heterocycles. The highest BCUT2D eigenvalue weighted by molar-refractivity contribution is 5.70. The van der Waals surface area contributed by atoms with Gasteiger partial charge in [0, 0.05) is 24.5 Å². The van der Waals surface area contributed by atoms with E-state index in [1.54, 1.807) is 24.3 Å². The van der Waals surface area contributed by atoms with Gasteiger partial charge in [-0.25, -0.2) is 0 Å². The first-order valence-corrected chi connectivity index (χ1v) is 6.68. The average Bonchev–Trinajstić information content (AvgIpc) is 2.45. The van der Waals surface area contributed by atoms with E-state index in [0.29, 0.717) is 24.5 Å². The van der Waals surface area contributed by atoms with E-state index in [1.807, 2.05) is 6.07 Å². The Kier molecular flexibility index (Phi) is 4.53. The summed E-state index contributed by atoms with van der Waals surface area (Å²) in [5.41, 5.74) is 19.5. The largest absolute Gasteiger partial charge is 0.507 e. The lowest BCUT2D eigenvalue weighted by molar-refractivity contribution is 0.0763. The van der Waals surface area contributed by atoms with Crippen LogP contribution in [0.4, 0.5) is 0 Å². The second-order valence-electron chi connectivity index (χ2n) is 4.91. The molecule has 0 aliphatic carbocycles. The topological polar surface area (TPSA) is 108 Å². The van der Waals surface area contributed by atoms with Crippen molar-refractivity contribution < 1.29 is 9.84 Å². The van der Waals surface area contributed by atoms with E-state index in [1.165, 1.54) is 0 Å². The van der Waals surface area contributed by atoms with Crippen LogP contribution in [0.5, 0.6) is 5.75 Å². The van der Waals surface area contributed by atoms with Crippen LogP contribution < -0.4 is 17.2 Å². The summed E-state index contributed by atoms with van der Waals surface area (Å²) in [6.07, 6.45) is 3.51. The van der Waals surface area contributed by atoms with Crippen molar-refractivity contribution in [3.63, 3.8) is 0 Å². The predicted molar refractivity (Wildman–Crippen MR) is 79.2 cm³/mol. The Hall–Kier alpha value is -2.14. The molecular weight excluding hydrogens is 254 g/mol. The summed E-state index contributed by atoms with van der Waals surface area (Å²) in [7, 11) is 0. The van der Waals surface area contributed by atoms with Crippen LogP contribution in [0.3, 0.4) is 0 Å². The summed E-state index contributed by atoms with van der Waals surface area (Å²) >= 11 is 0. The Morgan fingerprint density at radius 3 is 2.40 bits per heavy atom. The molecule has 0 bridgehead atoms. The molecule has 7 N–H and O–H groups in total. The first kappa shape index (κ1) is 14.3. The molecule has 1 aromatic carbocycles. The smallest absolute Gasteiger partial charge is 0.124 e. The number of aromatic hydroxyl groups is 1. The molecule has 0 unspecified atom stereocenters. The van der Waals surface area contributed by atoms with Gasteiger partial charge >= 0.3 is 0 Å². The van der Waals surface area contributed by atoms with E-state index in [9.17, 15) is 5.11 Å². The van der Waals surface area contributed by atoms with Gasteiger partial charge in [0.1, 0.15) is 5.75 Å². The van der Waals surface area contributed by atoms with E-state index in [0.717, 1.165) is 18.4 Å². The van der Waals surface area contributed by atoms with Crippen molar-refractivity contribution in [3.8, 4) is 5.75 Å². The van der Waals surface area contributed by atoms with Crippen molar-refractivity contribution in [3.05, 3.63) is 47.3 Å². The first-order chi connectivity index (χ1) is 9.59. The number of hydrogen-bond donors (Lipinski definition) is 4. The summed E-state index contributed by atoms with van der Waals surface area (Å²) in [6, 6.07) is 6.92. The SMILES string of the molecule is NC(N)=C(/C=C(\N)c1ccccc1O)C1CCOCC1. The lowest BCUT2D eigenvalue weighted by atomic mass is 9.90. The number of rotatable bonds is 3. The van der Waals surface area contributed by atoms with Gasteiger partial charge in [-0.1, -0.05) is 12.1 Å². The summed E-state index contributed by atoms with van der Waals surface area (Å²) in [6.45, 7) is 1.40. The van der Waals surface area contributed by atoms with Crippen LogP contribution in [0.1, 0.15) is 18.4 Å². The Bertz CT molecular complexity index is 528. The zero-order valence-corrected chi connectivity index (χ0v) is 11.4. The second kappa shape index (κ2) is 6.34. The fourth-order valence-electron chi connectivity index (χ4n) is 2.41. The summed E-state index contributed by atoms with van der Waals surface area (Å²) < 4.78 is 5.34. The molecule has 0 spiro atoms. The van der Waals surface area contributed by atoms with Crippen molar-refractivity contribution in [2.45, 2.75) is 12.8 Å². The van der Waals surface area contributed by atoms with Gasteiger partial charge in [-0.15, -0.1) is 0 Å². The summed E-state index contributed by atoms with van der Waals surface area (Å²) in [5, 5.41) is 9.82. The number of hydrogen-bond acceptors (Lipinski definition) is 5. The lowest BCUT2D eigenvalue weighted by Crippen LogP contribution is -2.23. The molecule has 0 aromatic heterocycles. The van der Waals surface area contributed by atoms with Crippen LogP contribution in [0.25, 0.3) is 5.70 Å². The molecular formula is C15H21N3O2. The van der Waals surface area contributed by atoms with Gasteiger partial charge in [0.25, 0.3) is 0 Å². The minimum absolute atomic E-state index is 0.142. The van der Waals surface area contributed by atoms with Gasteiger partial charge in [-0.3, -0.25) is 0 Å². The number of allylic oxidation sites excluding steroid dienone is 2. The maximum Gasteiger partial charge on any atom is 0.124 e. The molecule has 0 saturated carbocycles. The van der Waals surface area contributed by atoms with Gasteiger partial charge in [0.15, 0.2) is 0 Å². The van der Waals surface area contributed by atoms with Crippen molar-refractivity contribution in [1.82, 2.24) is 0 Å². The van der Waals surface area contributed by atoms with Gasteiger partial charge in [0.2, 0.25) is 0 Å². The Balaban J connectivity index is 2.30. The maximum absolute atomic E-state index is 9.82. The fraction of sp³-hybridized carbons (Fsp3) is 0.333. The monoisotopic (exact) mass is 275 g/mol. The quantitative estimate of drug-likeness (QED) is 0.621. The van der Waals surface area contributed by atoms with Crippen LogP contribution in [0, 0.1) is 5.92 Å². The summed E-state index contributed by atoms with van der Waals surface area (Å²) in [4.78, 5) is 0. The first-order valence-electron chi connectivity index (χ1n) is 6.68. The normalized spacial score (nSPS) is 16.9. The van der Waals surface area contributed by atoms with Gasteiger partial charge in [-0.2, -0.15) is 0 Å². The van der Waals surface area contributed by atoms with E-state index in [4.69, 9.17) is 21.9 Å². The highest BCUT2D eigenvalue weighted by Gasteiger charge is 2.19. The van der Waals surface area contributed by atoms with Crippen molar-refractivity contribution in [1.29, 1.82) is 0 Å². The second-order valence-corrected chi connectivity index (χ2v) is 4.91. The van der Waals surface area contributed by atoms with Crippen LogP contribution in [-0.4, -0.2) is 18.3 Å². The number of phenolic OH excluding ortho intramolecular Hbond substituents is 1. The van der Waals surface area contributed by atoms with Crippen LogP contribution in [-0.2, 0) is 4.74 Å². The molecule has 5 nitrogen and oxygen atoms in total. The zero-order valence-electron chi connectivity index (χ0n) is 11.4. The molecule has 1 heterocycles. The highest BCUT2D eigenvalue weighted by Crippen LogP contribution is 2.28. The molecule has 0 amide bonds. The number of para-hydroxylation sites is 1. The van der Waals surface area contributed by atoms with Crippen molar-refractivity contribution >= 4 is 5.70 Å². The van der Waals surface area contributed by atoms with Crippen molar-refractivity contribution in [2.75, 3.05) is 13.2 Å². The Morgan fingerprint density at radius 2 is 1.80 bits per heavy atom. The third-order valence-electron chi connectivity index (χ3n) is 3.52. The number of nitrogens with two attached hydrogens (primary N) is 3. The Morgan fingerprint density at radius 1 is 1.15 bits per heavy atom. The van der Waals surface area contributed by atoms with E-state index in [-0.39, 0.29) is 17.5 Å². The van der Waals surface area contributed by atoms with Crippen LogP contribution in [0.15, 0.2) is 41.7 Å². The number of ether oxygens (including phenoxy) is 1. The van der Waals surface area contributed by atoms with Gasteiger partial charge < -0.3 is 27.0 Å². The van der Waals surface area contributed by atoms with Gasteiger partial charge in [0.05, 0.1) is 5.82 Å². The van der Waals surface area contributed by atoms with Crippen LogP contribution in [0.2, 0.25) is 0 Å².